The predicted octanol–water partition coefficient (Wildman–Crippen LogP) is 2.78. The number of fused-ring (bicyclic) bond motifs is 3. The van der Waals surface area contributed by atoms with Crippen LogP contribution in [0.4, 0.5) is 0 Å². The molecule has 1 aliphatic heterocycles. The second-order valence-electron chi connectivity index (χ2n) is 5.06. The van der Waals surface area contributed by atoms with Crippen molar-refractivity contribution >= 4 is 29.5 Å². The lowest BCUT2D eigenvalue weighted by Crippen LogP contribution is -2.09. The molecule has 0 saturated carbocycles. The minimum atomic E-state index is 0.416. The fraction of sp³-hybridized carbons (Fsp3) is 0.267. The molecule has 112 valence electrons. The number of aryl methyl sites for hydroxylation is 2. The van der Waals surface area contributed by atoms with Crippen LogP contribution < -0.4 is 0 Å². The average Bonchev–Trinajstić information content (AvgIpc) is 2.94. The van der Waals surface area contributed by atoms with Gasteiger partial charge in [-0.25, -0.2) is 0 Å². The summed E-state index contributed by atoms with van der Waals surface area (Å²) in [4.78, 5) is 5.87. The molecule has 2 N–H and O–H groups in total. The number of hydrogen-bond acceptors (Lipinski definition) is 6. The Morgan fingerprint density at radius 2 is 2.00 bits per heavy atom. The predicted molar refractivity (Wildman–Crippen MR) is 89.3 cm³/mol. The lowest BCUT2D eigenvalue weighted by molar-refractivity contribution is 0.869. The molecule has 22 heavy (non-hydrogen) atoms. The van der Waals surface area contributed by atoms with Crippen LogP contribution in [0.2, 0.25) is 0 Å². The van der Waals surface area contributed by atoms with E-state index in [1.807, 2.05) is 11.5 Å². The van der Waals surface area contributed by atoms with Crippen molar-refractivity contribution in [3.05, 3.63) is 39.3 Å². The standard InChI is InChI=1S/C15H16N6S/c1-8-9(2)22-15-13(8)14(11(6-17)4-5-16)18-7-12-20-19-10(3)21(12)15/h4-6,16-17H,7H2,1-3H3/b11-4+,16-5?,17-6?. The Kier molecular flexibility index (Phi) is 3.58. The second kappa shape index (κ2) is 5.42. The smallest absolute Gasteiger partial charge is 0.160 e. The molecule has 7 heteroatoms. The van der Waals surface area contributed by atoms with Crippen LogP contribution >= 0.6 is 11.3 Å². The molecule has 0 unspecified atom stereocenters. The first-order valence-corrected chi connectivity index (χ1v) is 7.67. The highest BCUT2D eigenvalue weighted by molar-refractivity contribution is 7.15. The Morgan fingerprint density at radius 3 is 2.68 bits per heavy atom. The molecule has 2 aromatic heterocycles. The molecule has 0 aromatic carbocycles. The molecular formula is C15H16N6S. The van der Waals surface area contributed by atoms with Gasteiger partial charge in [-0.3, -0.25) is 9.56 Å². The number of aromatic nitrogens is 3. The summed E-state index contributed by atoms with van der Waals surface area (Å²) in [7, 11) is 0. The van der Waals surface area contributed by atoms with Gasteiger partial charge in [0.2, 0.25) is 0 Å². The van der Waals surface area contributed by atoms with E-state index in [9.17, 15) is 0 Å². The maximum absolute atomic E-state index is 7.65. The summed E-state index contributed by atoms with van der Waals surface area (Å²) in [6, 6.07) is 0. The highest BCUT2D eigenvalue weighted by atomic mass is 32.1. The van der Waals surface area contributed by atoms with Crippen LogP contribution in [0.5, 0.6) is 0 Å². The number of thiophene rings is 1. The van der Waals surface area contributed by atoms with Crippen LogP contribution in [0.3, 0.4) is 0 Å². The molecule has 6 nitrogen and oxygen atoms in total. The van der Waals surface area contributed by atoms with E-state index in [0.29, 0.717) is 12.1 Å². The van der Waals surface area contributed by atoms with Gasteiger partial charge in [0.25, 0.3) is 0 Å². The van der Waals surface area contributed by atoms with E-state index >= 15 is 0 Å². The molecule has 0 amide bonds. The number of allylic oxidation sites excluding steroid dienone is 2. The van der Waals surface area contributed by atoms with Crippen molar-refractivity contribution in [3.8, 4) is 5.00 Å². The zero-order valence-electron chi connectivity index (χ0n) is 12.6. The lowest BCUT2D eigenvalue weighted by Gasteiger charge is -2.08. The van der Waals surface area contributed by atoms with Crippen molar-refractivity contribution in [1.29, 1.82) is 10.8 Å². The molecule has 0 aliphatic carbocycles. The molecule has 0 radical (unpaired) electrons. The molecule has 0 saturated heterocycles. The van der Waals surface area contributed by atoms with Gasteiger partial charge in [0.05, 0.1) is 5.71 Å². The van der Waals surface area contributed by atoms with Crippen LogP contribution in [0.25, 0.3) is 5.00 Å². The minimum Gasteiger partial charge on any atom is -0.309 e. The van der Waals surface area contributed by atoms with Gasteiger partial charge in [-0.15, -0.1) is 21.5 Å². The topological polar surface area (TPSA) is 90.8 Å². The molecule has 3 heterocycles. The van der Waals surface area contributed by atoms with Crippen molar-refractivity contribution in [2.24, 2.45) is 4.99 Å². The van der Waals surface area contributed by atoms with E-state index in [0.717, 1.165) is 33.5 Å². The van der Waals surface area contributed by atoms with Crippen molar-refractivity contribution < 1.29 is 0 Å². The molecule has 0 bridgehead atoms. The van der Waals surface area contributed by atoms with Gasteiger partial charge in [0, 0.05) is 28.4 Å². The molecule has 1 aliphatic rings. The highest BCUT2D eigenvalue weighted by Gasteiger charge is 2.26. The zero-order valence-corrected chi connectivity index (χ0v) is 13.5. The summed E-state index contributed by atoms with van der Waals surface area (Å²) in [5.74, 6) is 1.63. The Labute approximate surface area is 132 Å². The third-order valence-electron chi connectivity index (χ3n) is 3.77. The molecule has 0 atom stereocenters. The van der Waals surface area contributed by atoms with E-state index in [-0.39, 0.29) is 0 Å². The number of rotatable bonds is 3. The van der Waals surface area contributed by atoms with Gasteiger partial charge in [-0.1, -0.05) is 0 Å². The van der Waals surface area contributed by atoms with E-state index in [2.05, 4.69) is 29.0 Å². The van der Waals surface area contributed by atoms with Gasteiger partial charge in [-0.05, 0) is 32.4 Å². The normalized spacial score (nSPS) is 14.0. The largest absolute Gasteiger partial charge is 0.309 e. The van der Waals surface area contributed by atoms with Gasteiger partial charge in [0.1, 0.15) is 17.4 Å². The van der Waals surface area contributed by atoms with Crippen LogP contribution in [0, 0.1) is 31.6 Å². The number of aliphatic imine (C=N–C) groups is 1. The monoisotopic (exact) mass is 312 g/mol. The number of nitrogens with zero attached hydrogens (tertiary/aromatic N) is 4. The van der Waals surface area contributed by atoms with E-state index in [4.69, 9.17) is 10.8 Å². The van der Waals surface area contributed by atoms with Crippen molar-refractivity contribution in [3.63, 3.8) is 0 Å². The quantitative estimate of drug-likeness (QED) is 0.853. The summed E-state index contributed by atoms with van der Waals surface area (Å²) < 4.78 is 2.04. The van der Waals surface area contributed by atoms with E-state index < -0.39 is 0 Å². The first-order valence-electron chi connectivity index (χ1n) is 6.86. The minimum absolute atomic E-state index is 0.416. The molecule has 3 rings (SSSR count). The first-order chi connectivity index (χ1) is 10.6. The van der Waals surface area contributed by atoms with Crippen LogP contribution in [0.15, 0.2) is 16.6 Å². The Bertz CT molecular complexity index is 837. The second-order valence-corrected chi connectivity index (χ2v) is 6.26. The SMILES string of the molecule is Cc1sc2c(c1C)C(/C(C=N)=C/C=N)=NCc1nnc(C)n1-2. The van der Waals surface area contributed by atoms with Gasteiger partial charge in [-0.2, -0.15) is 0 Å². The van der Waals surface area contributed by atoms with Crippen molar-refractivity contribution in [2.75, 3.05) is 0 Å². The molecule has 0 fully saturated rings. The van der Waals surface area contributed by atoms with Crippen molar-refractivity contribution in [2.45, 2.75) is 27.3 Å². The lowest BCUT2D eigenvalue weighted by atomic mass is 10.0. The summed E-state index contributed by atoms with van der Waals surface area (Å²) in [5.41, 5.74) is 3.55. The average molecular weight is 312 g/mol. The summed E-state index contributed by atoms with van der Waals surface area (Å²) >= 11 is 1.68. The Morgan fingerprint density at radius 1 is 1.23 bits per heavy atom. The summed E-state index contributed by atoms with van der Waals surface area (Å²) in [5, 5.41) is 24.4. The fourth-order valence-electron chi connectivity index (χ4n) is 2.57. The Hall–Kier alpha value is -2.41. The molecule has 2 aromatic rings. The van der Waals surface area contributed by atoms with Gasteiger partial charge < -0.3 is 10.8 Å². The van der Waals surface area contributed by atoms with E-state index in [1.54, 1.807) is 17.4 Å². The summed E-state index contributed by atoms with van der Waals surface area (Å²) in [6.45, 7) is 6.49. The van der Waals surface area contributed by atoms with Crippen molar-refractivity contribution in [1.82, 2.24) is 14.8 Å². The molecular weight excluding hydrogens is 296 g/mol. The first kappa shape index (κ1) is 14.5. The van der Waals surface area contributed by atoms with Crippen LogP contribution in [-0.4, -0.2) is 32.9 Å². The zero-order chi connectivity index (χ0) is 15.9. The van der Waals surface area contributed by atoms with E-state index in [1.165, 1.54) is 17.3 Å². The fourth-order valence-corrected chi connectivity index (χ4v) is 3.79. The van der Waals surface area contributed by atoms with Crippen LogP contribution in [0.1, 0.15) is 27.7 Å². The van der Waals surface area contributed by atoms with Gasteiger partial charge in [0.15, 0.2) is 5.82 Å². The highest BCUT2D eigenvalue weighted by Crippen LogP contribution is 2.35. The maximum Gasteiger partial charge on any atom is 0.160 e. The number of hydrogen-bond donors (Lipinski definition) is 2. The van der Waals surface area contributed by atoms with Crippen LogP contribution in [-0.2, 0) is 6.54 Å². The maximum atomic E-state index is 7.65. The van der Waals surface area contributed by atoms with Gasteiger partial charge >= 0.3 is 0 Å². The molecule has 0 spiro atoms. The third-order valence-corrected chi connectivity index (χ3v) is 4.96. The Balaban J connectivity index is 2.34. The number of nitrogens with one attached hydrogen (secondary N) is 2. The third kappa shape index (κ3) is 2.05. The summed E-state index contributed by atoms with van der Waals surface area (Å²) in [6.07, 6.45) is 4.04.